The molecular formula is C15H15NO4. The van der Waals surface area contributed by atoms with Gasteiger partial charge in [-0.25, -0.2) is 4.79 Å². The van der Waals surface area contributed by atoms with Gasteiger partial charge in [-0.15, -0.1) is 0 Å². The lowest BCUT2D eigenvalue weighted by Gasteiger charge is -2.13. The number of nitrogens with zero attached hydrogens (tertiary/aromatic N) is 1. The Labute approximate surface area is 116 Å². The molecule has 0 atom stereocenters. The minimum absolute atomic E-state index is 0.00528. The van der Waals surface area contributed by atoms with Gasteiger partial charge >= 0.3 is 5.97 Å². The third-order valence-electron chi connectivity index (χ3n) is 3.71. The molecule has 5 heteroatoms. The third kappa shape index (κ3) is 2.44. The predicted octanol–water partition coefficient (Wildman–Crippen LogP) is 2.76. The first-order valence-electron chi connectivity index (χ1n) is 6.46. The Bertz CT molecular complexity index is 643. The van der Waals surface area contributed by atoms with E-state index in [4.69, 9.17) is 14.4 Å². The summed E-state index contributed by atoms with van der Waals surface area (Å²) in [5, 5.41) is 12.6. The molecule has 20 heavy (non-hydrogen) atoms. The van der Waals surface area contributed by atoms with Gasteiger partial charge in [-0.05, 0) is 24.5 Å². The van der Waals surface area contributed by atoms with Crippen LogP contribution in [0.5, 0.6) is 0 Å². The van der Waals surface area contributed by atoms with Crippen LogP contribution in [0.25, 0.3) is 11.3 Å². The van der Waals surface area contributed by atoms with Crippen LogP contribution in [0.2, 0.25) is 0 Å². The number of ether oxygens (including phenoxy) is 1. The SMILES string of the molecule is COC1(Cc2cccc(-c3cc(C(=O)O)on3)c2)CC1. The monoisotopic (exact) mass is 273 g/mol. The predicted molar refractivity (Wildman–Crippen MR) is 71.6 cm³/mol. The first-order chi connectivity index (χ1) is 9.62. The van der Waals surface area contributed by atoms with Gasteiger partial charge in [0, 0.05) is 25.2 Å². The fourth-order valence-corrected chi connectivity index (χ4v) is 2.32. The third-order valence-corrected chi connectivity index (χ3v) is 3.71. The molecule has 1 N–H and O–H groups in total. The van der Waals surface area contributed by atoms with Gasteiger partial charge in [-0.1, -0.05) is 23.4 Å². The number of carboxylic acid groups (broad SMARTS) is 1. The summed E-state index contributed by atoms with van der Waals surface area (Å²) >= 11 is 0. The van der Waals surface area contributed by atoms with E-state index in [-0.39, 0.29) is 11.4 Å². The molecule has 0 aliphatic heterocycles. The van der Waals surface area contributed by atoms with E-state index in [1.165, 1.54) is 6.07 Å². The maximum Gasteiger partial charge on any atom is 0.374 e. The van der Waals surface area contributed by atoms with E-state index in [9.17, 15) is 4.79 Å². The fourth-order valence-electron chi connectivity index (χ4n) is 2.32. The quantitative estimate of drug-likeness (QED) is 0.906. The second-order valence-electron chi connectivity index (χ2n) is 5.15. The Morgan fingerprint density at radius 2 is 2.25 bits per heavy atom. The molecule has 0 unspecified atom stereocenters. The lowest BCUT2D eigenvalue weighted by molar-refractivity contribution is 0.0652. The highest BCUT2D eigenvalue weighted by atomic mass is 16.5. The molecule has 1 aliphatic carbocycles. The van der Waals surface area contributed by atoms with E-state index in [0.29, 0.717) is 5.69 Å². The molecule has 5 nitrogen and oxygen atoms in total. The van der Waals surface area contributed by atoms with Gasteiger partial charge < -0.3 is 14.4 Å². The molecule has 0 amide bonds. The van der Waals surface area contributed by atoms with Crippen LogP contribution in [-0.4, -0.2) is 28.9 Å². The summed E-state index contributed by atoms with van der Waals surface area (Å²) in [5.74, 6) is -1.27. The highest BCUT2D eigenvalue weighted by Gasteiger charge is 2.42. The average molecular weight is 273 g/mol. The van der Waals surface area contributed by atoms with Crippen molar-refractivity contribution in [2.75, 3.05) is 7.11 Å². The van der Waals surface area contributed by atoms with Crippen molar-refractivity contribution in [3.05, 3.63) is 41.7 Å². The number of carbonyl (C=O) groups is 1. The summed E-state index contributed by atoms with van der Waals surface area (Å²) in [6.45, 7) is 0. The Morgan fingerprint density at radius 1 is 1.45 bits per heavy atom. The molecule has 2 aromatic rings. The largest absolute Gasteiger partial charge is 0.475 e. The van der Waals surface area contributed by atoms with Crippen molar-refractivity contribution in [2.45, 2.75) is 24.9 Å². The van der Waals surface area contributed by atoms with Gasteiger partial charge in [0.2, 0.25) is 5.76 Å². The molecule has 1 heterocycles. The van der Waals surface area contributed by atoms with Crippen LogP contribution in [0.1, 0.15) is 29.0 Å². The first kappa shape index (κ1) is 12.9. The molecule has 0 radical (unpaired) electrons. The summed E-state index contributed by atoms with van der Waals surface area (Å²) in [6, 6.07) is 9.30. The molecule has 1 fully saturated rings. The van der Waals surface area contributed by atoms with Crippen LogP contribution < -0.4 is 0 Å². The number of hydrogen-bond donors (Lipinski definition) is 1. The average Bonchev–Trinajstić information content (AvgIpc) is 3.03. The van der Waals surface area contributed by atoms with E-state index < -0.39 is 5.97 Å². The lowest BCUT2D eigenvalue weighted by Crippen LogP contribution is -2.14. The van der Waals surface area contributed by atoms with Gasteiger partial charge in [0.15, 0.2) is 0 Å². The van der Waals surface area contributed by atoms with Crippen molar-refractivity contribution in [1.82, 2.24) is 5.16 Å². The molecule has 1 saturated carbocycles. The van der Waals surface area contributed by atoms with Gasteiger partial charge in [-0.2, -0.15) is 0 Å². The molecule has 0 saturated heterocycles. The maximum absolute atomic E-state index is 10.8. The number of methoxy groups -OCH3 is 1. The summed E-state index contributed by atoms with van der Waals surface area (Å²) in [4.78, 5) is 10.8. The van der Waals surface area contributed by atoms with Crippen molar-refractivity contribution in [1.29, 1.82) is 0 Å². The summed E-state index contributed by atoms with van der Waals surface area (Å²) < 4.78 is 10.3. The second-order valence-corrected chi connectivity index (χ2v) is 5.15. The molecule has 0 spiro atoms. The van der Waals surface area contributed by atoms with E-state index in [0.717, 1.165) is 30.4 Å². The molecule has 1 aliphatic rings. The summed E-state index contributed by atoms with van der Waals surface area (Å²) in [7, 11) is 1.74. The molecular weight excluding hydrogens is 258 g/mol. The van der Waals surface area contributed by atoms with Gasteiger partial charge in [-0.3, -0.25) is 0 Å². The zero-order valence-corrected chi connectivity index (χ0v) is 11.1. The molecule has 104 valence electrons. The topological polar surface area (TPSA) is 72.6 Å². The zero-order valence-electron chi connectivity index (χ0n) is 11.1. The first-order valence-corrected chi connectivity index (χ1v) is 6.46. The van der Waals surface area contributed by atoms with Crippen LogP contribution in [0.15, 0.2) is 34.9 Å². The van der Waals surface area contributed by atoms with E-state index in [1.807, 2.05) is 24.3 Å². The van der Waals surface area contributed by atoms with Crippen LogP contribution in [0, 0.1) is 0 Å². The normalized spacial score (nSPS) is 16.1. The minimum atomic E-state index is -1.11. The highest BCUT2D eigenvalue weighted by Crippen LogP contribution is 2.42. The maximum atomic E-state index is 10.8. The Kier molecular flexibility index (Phi) is 3.06. The summed E-state index contributed by atoms with van der Waals surface area (Å²) in [5.41, 5.74) is 2.54. The number of aromatic nitrogens is 1. The van der Waals surface area contributed by atoms with Crippen LogP contribution in [-0.2, 0) is 11.2 Å². The molecule has 1 aromatic heterocycles. The number of hydrogen-bond acceptors (Lipinski definition) is 4. The van der Waals surface area contributed by atoms with Gasteiger partial charge in [0.25, 0.3) is 0 Å². The summed E-state index contributed by atoms with van der Waals surface area (Å²) in [6.07, 6.45) is 3.03. The second kappa shape index (κ2) is 4.76. The van der Waals surface area contributed by atoms with E-state index in [1.54, 1.807) is 7.11 Å². The number of aromatic carboxylic acids is 1. The van der Waals surface area contributed by atoms with Crippen molar-refractivity contribution >= 4 is 5.97 Å². The van der Waals surface area contributed by atoms with Crippen molar-refractivity contribution in [3.8, 4) is 11.3 Å². The lowest BCUT2D eigenvalue weighted by atomic mass is 10.0. The minimum Gasteiger partial charge on any atom is -0.475 e. The molecule has 3 rings (SSSR count). The van der Waals surface area contributed by atoms with E-state index >= 15 is 0 Å². The van der Waals surface area contributed by atoms with Crippen LogP contribution in [0.3, 0.4) is 0 Å². The smallest absolute Gasteiger partial charge is 0.374 e. The molecule has 1 aromatic carbocycles. The van der Waals surface area contributed by atoms with Crippen molar-refractivity contribution in [2.24, 2.45) is 0 Å². The number of rotatable bonds is 5. The molecule has 0 bridgehead atoms. The Balaban J connectivity index is 1.84. The fraction of sp³-hybridized carbons (Fsp3) is 0.333. The van der Waals surface area contributed by atoms with Gasteiger partial charge in [0.1, 0.15) is 5.69 Å². The zero-order chi connectivity index (χ0) is 14.2. The van der Waals surface area contributed by atoms with Crippen molar-refractivity contribution < 1.29 is 19.2 Å². The Morgan fingerprint density at radius 3 is 2.85 bits per heavy atom. The Hall–Kier alpha value is -2.14. The standard InChI is InChI=1S/C15H15NO4/c1-19-15(5-6-15)9-10-3-2-4-11(7-10)12-8-13(14(17)18)20-16-12/h2-4,7-8H,5-6,9H2,1H3,(H,17,18). The van der Waals surface area contributed by atoms with E-state index in [2.05, 4.69) is 5.16 Å². The van der Waals surface area contributed by atoms with Crippen LogP contribution >= 0.6 is 0 Å². The van der Waals surface area contributed by atoms with Gasteiger partial charge in [0.05, 0.1) is 5.60 Å². The van der Waals surface area contributed by atoms with Crippen LogP contribution in [0.4, 0.5) is 0 Å². The number of carboxylic acids is 1. The number of benzene rings is 1. The van der Waals surface area contributed by atoms with Crippen molar-refractivity contribution in [3.63, 3.8) is 0 Å². The highest BCUT2D eigenvalue weighted by molar-refractivity contribution is 5.85.